The van der Waals surface area contributed by atoms with E-state index in [-0.39, 0.29) is 13.4 Å². The van der Waals surface area contributed by atoms with Gasteiger partial charge in [-0.2, -0.15) is 0 Å². The van der Waals surface area contributed by atoms with Crippen LogP contribution in [0, 0.1) is 12.3 Å². The molecule has 1 N–H and O–H groups in total. The van der Waals surface area contributed by atoms with E-state index < -0.39 is 0 Å². The second-order valence-electron chi connectivity index (χ2n) is 2.63. The molecule has 1 heterocycles. The van der Waals surface area contributed by atoms with Crippen molar-refractivity contribution in [2.75, 3.05) is 6.79 Å². The summed E-state index contributed by atoms with van der Waals surface area (Å²) in [5.74, 6) is 3.69. The monoisotopic (exact) mass is 176 g/mol. The van der Waals surface area contributed by atoms with Crippen molar-refractivity contribution in [3.8, 4) is 23.8 Å². The Morgan fingerprint density at radius 2 is 2.31 bits per heavy atom. The van der Waals surface area contributed by atoms with Gasteiger partial charge in [0.05, 0.1) is 6.61 Å². The van der Waals surface area contributed by atoms with Gasteiger partial charge in [0.2, 0.25) is 6.79 Å². The lowest BCUT2D eigenvalue weighted by Gasteiger charge is -2.04. The summed E-state index contributed by atoms with van der Waals surface area (Å²) in [6.45, 7) is 0.0580. The second kappa shape index (κ2) is 3.00. The zero-order chi connectivity index (χ0) is 9.26. The van der Waals surface area contributed by atoms with Crippen molar-refractivity contribution in [1.82, 2.24) is 0 Å². The molecule has 0 fully saturated rings. The van der Waals surface area contributed by atoms with Crippen LogP contribution in [0.2, 0.25) is 0 Å². The van der Waals surface area contributed by atoms with Crippen molar-refractivity contribution in [2.24, 2.45) is 0 Å². The molecule has 1 aliphatic heterocycles. The van der Waals surface area contributed by atoms with Gasteiger partial charge in [-0.3, -0.25) is 0 Å². The average Bonchev–Trinajstić information content (AvgIpc) is 2.63. The molecule has 0 saturated heterocycles. The van der Waals surface area contributed by atoms with Gasteiger partial charge in [0.15, 0.2) is 11.5 Å². The smallest absolute Gasteiger partial charge is 0.231 e. The van der Waals surface area contributed by atoms with Crippen LogP contribution in [0.15, 0.2) is 12.1 Å². The molecule has 0 radical (unpaired) electrons. The Balaban J connectivity index is 2.61. The van der Waals surface area contributed by atoms with Crippen molar-refractivity contribution >= 4 is 0 Å². The van der Waals surface area contributed by atoms with Gasteiger partial charge in [-0.05, 0) is 12.1 Å². The topological polar surface area (TPSA) is 38.7 Å². The molecule has 66 valence electrons. The summed E-state index contributed by atoms with van der Waals surface area (Å²) in [4.78, 5) is 0. The van der Waals surface area contributed by atoms with Gasteiger partial charge in [-0.15, -0.1) is 6.42 Å². The van der Waals surface area contributed by atoms with Crippen LogP contribution in [0.25, 0.3) is 0 Å². The maximum absolute atomic E-state index is 9.08. The van der Waals surface area contributed by atoms with E-state index in [0.29, 0.717) is 22.6 Å². The summed E-state index contributed by atoms with van der Waals surface area (Å²) in [5, 5.41) is 9.08. The van der Waals surface area contributed by atoms with E-state index >= 15 is 0 Å². The number of benzene rings is 1. The van der Waals surface area contributed by atoms with Crippen LogP contribution in [0.4, 0.5) is 0 Å². The molecule has 0 saturated carbocycles. The number of terminal acetylenes is 1. The minimum absolute atomic E-state index is 0.133. The third-order valence-electron chi connectivity index (χ3n) is 1.96. The van der Waals surface area contributed by atoms with Crippen LogP contribution in [-0.2, 0) is 6.61 Å². The molecule has 1 aromatic carbocycles. The van der Waals surface area contributed by atoms with Gasteiger partial charge in [-0.1, -0.05) is 5.92 Å². The maximum Gasteiger partial charge on any atom is 0.231 e. The summed E-state index contributed by atoms with van der Waals surface area (Å²) >= 11 is 0. The van der Waals surface area contributed by atoms with Crippen LogP contribution in [0.1, 0.15) is 11.1 Å². The summed E-state index contributed by atoms with van der Waals surface area (Å²) in [5.41, 5.74) is 1.27. The Labute approximate surface area is 75.9 Å². The Hall–Kier alpha value is -1.66. The fraction of sp³-hybridized carbons (Fsp3) is 0.200. The fourth-order valence-electron chi connectivity index (χ4n) is 1.32. The van der Waals surface area contributed by atoms with Gasteiger partial charge in [-0.25, -0.2) is 0 Å². The number of hydrogen-bond acceptors (Lipinski definition) is 3. The number of ether oxygens (including phenoxy) is 2. The van der Waals surface area contributed by atoms with E-state index in [9.17, 15) is 0 Å². The molecule has 0 unspecified atom stereocenters. The van der Waals surface area contributed by atoms with Crippen LogP contribution >= 0.6 is 0 Å². The first-order chi connectivity index (χ1) is 6.36. The summed E-state index contributed by atoms with van der Waals surface area (Å²) in [7, 11) is 0. The Morgan fingerprint density at radius 1 is 1.46 bits per heavy atom. The highest BCUT2D eigenvalue weighted by atomic mass is 16.7. The zero-order valence-corrected chi connectivity index (χ0v) is 6.91. The Bertz CT molecular complexity index is 376. The van der Waals surface area contributed by atoms with E-state index in [0.717, 1.165) is 0 Å². The van der Waals surface area contributed by atoms with Crippen LogP contribution in [0.5, 0.6) is 11.5 Å². The molecule has 3 heteroatoms. The van der Waals surface area contributed by atoms with Crippen molar-refractivity contribution in [2.45, 2.75) is 6.61 Å². The van der Waals surface area contributed by atoms with E-state index in [2.05, 4.69) is 5.92 Å². The summed E-state index contributed by atoms with van der Waals surface area (Å²) in [6.07, 6.45) is 5.26. The maximum atomic E-state index is 9.08. The minimum atomic E-state index is -0.133. The first kappa shape index (κ1) is 7.96. The molecule has 1 aromatic rings. The third-order valence-corrected chi connectivity index (χ3v) is 1.96. The van der Waals surface area contributed by atoms with Gasteiger partial charge in [0, 0.05) is 11.1 Å². The van der Waals surface area contributed by atoms with Crippen molar-refractivity contribution < 1.29 is 14.6 Å². The molecule has 2 rings (SSSR count). The number of fused-ring (bicyclic) bond motifs is 1. The van der Waals surface area contributed by atoms with Gasteiger partial charge >= 0.3 is 0 Å². The van der Waals surface area contributed by atoms with E-state index in [1.54, 1.807) is 12.1 Å². The predicted octanol–water partition coefficient (Wildman–Crippen LogP) is 0.889. The van der Waals surface area contributed by atoms with Crippen LogP contribution in [-0.4, -0.2) is 11.9 Å². The molecular formula is C10H8O3. The highest BCUT2D eigenvalue weighted by molar-refractivity contribution is 5.56. The normalized spacial score (nSPS) is 12.6. The molecule has 0 aromatic heterocycles. The number of aliphatic hydroxyl groups is 1. The van der Waals surface area contributed by atoms with E-state index in [1.807, 2.05) is 0 Å². The first-order valence-corrected chi connectivity index (χ1v) is 3.85. The lowest BCUT2D eigenvalue weighted by Crippen LogP contribution is -1.95. The lowest BCUT2D eigenvalue weighted by molar-refractivity contribution is 0.171. The first-order valence-electron chi connectivity index (χ1n) is 3.85. The zero-order valence-electron chi connectivity index (χ0n) is 6.91. The highest BCUT2D eigenvalue weighted by Gasteiger charge is 2.19. The van der Waals surface area contributed by atoms with Crippen molar-refractivity contribution in [1.29, 1.82) is 0 Å². The van der Waals surface area contributed by atoms with Crippen LogP contribution < -0.4 is 9.47 Å². The van der Waals surface area contributed by atoms with Crippen molar-refractivity contribution in [3.63, 3.8) is 0 Å². The molecular weight excluding hydrogens is 168 g/mol. The Kier molecular flexibility index (Phi) is 1.84. The number of rotatable bonds is 1. The molecule has 0 atom stereocenters. The van der Waals surface area contributed by atoms with Crippen molar-refractivity contribution in [3.05, 3.63) is 23.3 Å². The van der Waals surface area contributed by atoms with Gasteiger partial charge in [0.1, 0.15) is 0 Å². The lowest BCUT2D eigenvalue weighted by atomic mass is 10.1. The number of aliphatic hydroxyl groups excluding tert-OH is 1. The SMILES string of the molecule is C#Cc1ccc2c(c1CO)OCO2. The predicted molar refractivity (Wildman–Crippen MR) is 46.4 cm³/mol. The quantitative estimate of drug-likeness (QED) is 0.646. The molecule has 0 spiro atoms. The Morgan fingerprint density at radius 3 is 3.00 bits per heavy atom. The highest BCUT2D eigenvalue weighted by Crippen LogP contribution is 2.37. The molecule has 0 bridgehead atoms. The molecule has 1 aliphatic rings. The minimum Gasteiger partial charge on any atom is -0.454 e. The van der Waals surface area contributed by atoms with E-state index in [1.165, 1.54) is 0 Å². The molecule has 3 nitrogen and oxygen atoms in total. The summed E-state index contributed by atoms with van der Waals surface area (Å²) in [6, 6.07) is 3.48. The summed E-state index contributed by atoms with van der Waals surface area (Å²) < 4.78 is 10.3. The second-order valence-corrected chi connectivity index (χ2v) is 2.63. The standard InChI is InChI=1S/C10H8O3/c1-2-7-3-4-9-10(8(7)5-11)13-6-12-9/h1,3-4,11H,5-6H2. The average molecular weight is 176 g/mol. The van der Waals surface area contributed by atoms with E-state index in [4.69, 9.17) is 21.0 Å². The fourth-order valence-corrected chi connectivity index (χ4v) is 1.32. The van der Waals surface area contributed by atoms with Crippen LogP contribution in [0.3, 0.4) is 0 Å². The van der Waals surface area contributed by atoms with Gasteiger partial charge in [0.25, 0.3) is 0 Å². The third kappa shape index (κ3) is 1.12. The molecule has 0 aliphatic carbocycles. The number of hydrogen-bond donors (Lipinski definition) is 1. The molecule has 0 amide bonds. The largest absolute Gasteiger partial charge is 0.454 e. The molecule has 13 heavy (non-hydrogen) atoms. The van der Waals surface area contributed by atoms with Gasteiger partial charge < -0.3 is 14.6 Å².